The first-order valence-electron chi connectivity index (χ1n) is 6.98. The maximum atomic E-state index is 12.4. The van der Waals surface area contributed by atoms with Crippen molar-refractivity contribution in [3.05, 3.63) is 24.3 Å². The average Bonchev–Trinajstić information content (AvgIpc) is 3.04. The molecule has 0 saturated heterocycles. The zero-order valence-electron chi connectivity index (χ0n) is 11.5. The van der Waals surface area contributed by atoms with Crippen molar-refractivity contribution in [2.45, 2.75) is 33.1 Å². The van der Waals surface area contributed by atoms with Crippen LogP contribution >= 0.6 is 0 Å². The van der Waals surface area contributed by atoms with E-state index in [-0.39, 0.29) is 10.8 Å². The predicted octanol–water partition coefficient (Wildman–Crippen LogP) is 0.974. The van der Waals surface area contributed by atoms with Crippen molar-refractivity contribution < 1.29 is 10.1 Å². The molecule has 3 nitrogen and oxygen atoms in total. The number of hydrogen-bond donors (Lipinski definition) is 2. The van der Waals surface area contributed by atoms with Crippen LogP contribution in [0.1, 0.15) is 33.1 Å². The molecule has 0 bridgehead atoms. The number of carbonyl (C=O) groups excluding carboxylic acids is 1. The number of nitrogens with two attached hydrogens (primary N) is 2. The van der Waals surface area contributed by atoms with Crippen molar-refractivity contribution in [3.63, 3.8) is 0 Å². The van der Waals surface area contributed by atoms with Crippen molar-refractivity contribution in [2.75, 3.05) is 13.1 Å². The van der Waals surface area contributed by atoms with Gasteiger partial charge in [-0.3, -0.25) is 5.32 Å². The van der Waals surface area contributed by atoms with Gasteiger partial charge in [0.25, 0.3) is 0 Å². The summed E-state index contributed by atoms with van der Waals surface area (Å²) in [6, 6.07) is 0. The quantitative estimate of drug-likeness (QED) is 0.763. The summed E-state index contributed by atoms with van der Waals surface area (Å²) in [4.78, 5) is 12.4. The van der Waals surface area contributed by atoms with Crippen LogP contribution in [0.5, 0.6) is 0 Å². The molecular weight excluding hydrogens is 224 g/mol. The largest absolute Gasteiger partial charge is 0.330 e. The third-order valence-corrected chi connectivity index (χ3v) is 4.45. The van der Waals surface area contributed by atoms with Crippen LogP contribution in [0.2, 0.25) is 0 Å². The number of rotatable bonds is 5. The first-order valence-corrected chi connectivity index (χ1v) is 6.98. The van der Waals surface area contributed by atoms with Crippen molar-refractivity contribution in [1.82, 2.24) is 0 Å². The van der Waals surface area contributed by atoms with Gasteiger partial charge in [-0.1, -0.05) is 31.2 Å². The number of allylic oxidation sites excluding steroid dienone is 4. The lowest BCUT2D eigenvalue weighted by Crippen LogP contribution is -2.89. The molecule has 0 heterocycles. The van der Waals surface area contributed by atoms with E-state index in [1.165, 1.54) is 0 Å². The van der Waals surface area contributed by atoms with E-state index >= 15 is 0 Å². The van der Waals surface area contributed by atoms with Gasteiger partial charge in [-0.15, -0.1) is 0 Å². The maximum Gasteiger partial charge on any atom is 0.316 e. The highest BCUT2D eigenvalue weighted by atomic mass is 16.2. The molecule has 2 aliphatic carbocycles. The van der Waals surface area contributed by atoms with Gasteiger partial charge in [0.2, 0.25) is 0 Å². The van der Waals surface area contributed by atoms with E-state index in [1.807, 2.05) is 12.2 Å². The molecule has 18 heavy (non-hydrogen) atoms. The van der Waals surface area contributed by atoms with Crippen LogP contribution in [0, 0.1) is 16.7 Å². The molecular formula is C15H25N2O+. The van der Waals surface area contributed by atoms with E-state index < -0.39 is 0 Å². The summed E-state index contributed by atoms with van der Waals surface area (Å²) in [6.07, 6.45) is 11.6. The lowest BCUT2D eigenvalue weighted by Gasteiger charge is -2.30. The van der Waals surface area contributed by atoms with Crippen LogP contribution in [0.15, 0.2) is 24.3 Å². The van der Waals surface area contributed by atoms with Gasteiger partial charge in [0.1, 0.15) is 0 Å². The van der Waals surface area contributed by atoms with E-state index in [1.54, 1.807) is 0 Å². The molecule has 1 saturated carbocycles. The summed E-state index contributed by atoms with van der Waals surface area (Å²) < 4.78 is 0. The second kappa shape index (κ2) is 4.98. The number of hydrogen-bond acceptors (Lipinski definition) is 2. The monoisotopic (exact) mass is 249 g/mol. The molecule has 0 aromatic carbocycles. The molecule has 100 valence electrons. The molecule has 0 spiro atoms. The van der Waals surface area contributed by atoms with Crippen LogP contribution < -0.4 is 11.1 Å². The standard InChI is InChI=1S/C15H24N2O/c1-3-17-13(18)15(9-12(15)10-16)11-14(2)7-5-4-6-8-14/h4-7,12H,3,8-11,16H2,1-2H3,(H,17,18)/p+1. The van der Waals surface area contributed by atoms with Crippen molar-refractivity contribution >= 4 is 5.91 Å². The van der Waals surface area contributed by atoms with E-state index in [9.17, 15) is 4.79 Å². The van der Waals surface area contributed by atoms with Crippen molar-refractivity contribution in [1.29, 1.82) is 0 Å². The van der Waals surface area contributed by atoms with Gasteiger partial charge in [0.05, 0.1) is 12.0 Å². The number of carbonyl (C=O) groups is 1. The fourth-order valence-corrected chi connectivity index (χ4v) is 3.31. The molecule has 4 N–H and O–H groups in total. The average molecular weight is 249 g/mol. The third kappa shape index (κ3) is 2.43. The second-order valence-corrected chi connectivity index (χ2v) is 6.09. The molecule has 2 aliphatic rings. The molecule has 2 rings (SSSR count). The van der Waals surface area contributed by atoms with Crippen molar-refractivity contribution in [3.8, 4) is 0 Å². The smallest absolute Gasteiger partial charge is 0.316 e. The van der Waals surface area contributed by atoms with Crippen LogP contribution in [-0.4, -0.2) is 19.0 Å². The molecule has 3 heteroatoms. The van der Waals surface area contributed by atoms with Gasteiger partial charge >= 0.3 is 5.91 Å². The van der Waals surface area contributed by atoms with Gasteiger partial charge < -0.3 is 5.73 Å². The summed E-state index contributed by atoms with van der Waals surface area (Å²) in [5.74, 6) is 0.716. The molecule has 3 atom stereocenters. The second-order valence-electron chi connectivity index (χ2n) is 6.09. The Morgan fingerprint density at radius 3 is 2.78 bits per heavy atom. The fraction of sp³-hybridized carbons (Fsp3) is 0.667. The minimum Gasteiger partial charge on any atom is -0.330 e. The predicted molar refractivity (Wildman–Crippen MR) is 72.7 cm³/mol. The molecule has 3 unspecified atom stereocenters. The zero-order valence-corrected chi connectivity index (χ0v) is 11.5. The molecule has 0 aliphatic heterocycles. The zero-order chi connectivity index (χ0) is 13.2. The molecule has 1 fully saturated rings. The SMILES string of the molecule is CC[NH2+]C(=O)C1(CC2(C)C=CC=CC2)CC1CN. The fourth-order valence-electron chi connectivity index (χ4n) is 3.31. The van der Waals surface area contributed by atoms with Crippen LogP contribution in [-0.2, 0) is 4.79 Å². The maximum absolute atomic E-state index is 12.4. The summed E-state index contributed by atoms with van der Waals surface area (Å²) in [7, 11) is 0. The van der Waals surface area contributed by atoms with Crippen LogP contribution in [0.3, 0.4) is 0 Å². The van der Waals surface area contributed by atoms with Gasteiger partial charge in [-0.2, -0.15) is 0 Å². The number of primary amides is 1. The van der Waals surface area contributed by atoms with Gasteiger partial charge in [0.15, 0.2) is 0 Å². The molecule has 0 aromatic heterocycles. The topological polar surface area (TPSA) is 59.7 Å². The van der Waals surface area contributed by atoms with Gasteiger partial charge in [-0.25, -0.2) is 4.79 Å². The summed E-state index contributed by atoms with van der Waals surface area (Å²) in [6.45, 7) is 5.74. The number of amides is 1. The lowest BCUT2D eigenvalue weighted by atomic mass is 9.74. The van der Waals surface area contributed by atoms with E-state index in [0.717, 1.165) is 25.8 Å². The van der Waals surface area contributed by atoms with E-state index in [4.69, 9.17) is 5.73 Å². The summed E-state index contributed by atoms with van der Waals surface area (Å²) in [5, 5.41) is 1.85. The van der Waals surface area contributed by atoms with Crippen molar-refractivity contribution in [2.24, 2.45) is 22.5 Å². The molecule has 1 amide bonds. The number of quaternary nitrogens is 1. The first-order chi connectivity index (χ1) is 8.56. The minimum atomic E-state index is -0.158. The summed E-state index contributed by atoms with van der Waals surface area (Å²) in [5.41, 5.74) is 5.76. The Kier molecular flexibility index (Phi) is 3.74. The Morgan fingerprint density at radius 1 is 1.50 bits per heavy atom. The third-order valence-electron chi connectivity index (χ3n) is 4.45. The lowest BCUT2D eigenvalue weighted by molar-refractivity contribution is -0.570. The highest BCUT2D eigenvalue weighted by Gasteiger charge is 2.62. The Hall–Kier alpha value is -0.930. The van der Waals surface area contributed by atoms with Crippen LogP contribution in [0.25, 0.3) is 0 Å². The Bertz CT molecular complexity index is 388. The normalized spacial score (nSPS) is 37.8. The first kappa shape index (κ1) is 13.5. The Balaban J connectivity index is 2.10. The van der Waals surface area contributed by atoms with E-state index in [0.29, 0.717) is 18.4 Å². The van der Waals surface area contributed by atoms with Gasteiger partial charge in [-0.05, 0) is 44.1 Å². The molecule has 0 radical (unpaired) electrons. The minimum absolute atomic E-state index is 0.121. The Labute approximate surface area is 110 Å². The van der Waals surface area contributed by atoms with E-state index in [2.05, 4.69) is 31.2 Å². The Morgan fingerprint density at radius 2 is 2.28 bits per heavy atom. The highest BCUT2D eigenvalue weighted by molar-refractivity contribution is 5.77. The van der Waals surface area contributed by atoms with Gasteiger partial charge in [0, 0.05) is 0 Å². The van der Waals surface area contributed by atoms with Crippen LogP contribution in [0.4, 0.5) is 0 Å². The highest BCUT2D eigenvalue weighted by Crippen LogP contribution is 2.59. The summed E-state index contributed by atoms with van der Waals surface area (Å²) >= 11 is 0. The molecule has 0 aromatic rings.